The molecule has 1 fully saturated rings. The first-order chi connectivity index (χ1) is 13.1. The quantitative estimate of drug-likeness (QED) is 0.768. The van der Waals surface area contributed by atoms with E-state index in [0.29, 0.717) is 38.4 Å². The lowest BCUT2D eigenvalue weighted by atomic mass is 9.96. The van der Waals surface area contributed by atoms with Crippen LogP contribution in [0.3, 0.4) is 0 Å². The predicted octanol–water partition coefficient (Wildman–Crippen LogP) is 1.46. The van der Waals surface area contributed by atoms with E-state index in [1.807, 2.05) is 25.7 Å². The number of anilines is 1. The lowest BCUT2D eigenvalue weighted by molar-refractivity contribution is -0.133. The van der Waals surface area contributed by atoms with Crippen molar-refractivity contribution in [2.24, 2.45) is 5.41 Å². The van der Waals surface area contributed by atoms with Crippen molar-refractivity contribution in [2.75, 3.05) is 44.6 Å². The largest absolute Gasteiger partial charge is 0.355 e. The molecule has 0 aromatic heterocycles. The number of nitrogens with zero attached hydrogens (tertiary/aromatic N) is 2. The summed E-state index contributed by atoms with van der Waals surface area (Å²) in [5.41, 5.74) is 0.0842. The van der Waals surface area contributed by atoms with E-state index in [1.54, 1.807) is 4.90 Å². The maximum atomic E-state index is 12.9. The van der Waals surface area contributed by atoms with E-state index in [4.69, 9.17) is 0 Å². The summed E-state index contributed by atoms with van der Waals surface area (Å²) in [4.78, 5) is 39.9. The Bertz CT molecular complexity index is 692. The zero-order chi connectivity index (χ0) is 20.7. The summed E-state index contributed by atoms with van der Waals surface area (Å²) in [7, 11) is 0. The van der Waals surface area contributed by atoms with Crippen LogP contribution in [-0.4, -0.2) is 66.8 Å². The topological polar surface area (TPSA) is 81.8 Å². The SMILES string of the molecule is CC(C)(C)C(=O)NCCC(=O)N1CCN(CC(=O)Nc2ccc(F)cc2)CC1. The Morgan fingerprint density at radius 3 is 2.21 bits per heavy atom. The molecule has 1 saturated heterocycles. The summed E-state index contributed by atoms with van der Waals surface area (Å²) in [5, 5.41) is 5.51. The van der Waals surface area contributed by atoms with Crippen LogP contribution in [0.5, 0.6) is 0 Å². The van der Waals surface area contributed by atoms with Crippen molar-refractivity contribution < 1.29 is 18.8 Å². The first-order valence-corrected chi connectivity index (χ1v) is 9.49. The second-order valence-corrected chi connectivity index (χ2v) is 7.97. The van der Waals surface area contributed by atoms with Gasteiger partial charge in [-0.05, 0) is 24.3 Å². The highest BCUT2D eigenvalue weighted by Gasteiger charge is 2.24. The Kier molecular flexibility index (Phi) is 7.51. The number of hydrogen-bond acceptors (Lipinski definition) is 4. The molecule has 1 aliphatic rings. The molecule has 154 valence electrons. The van der Waals surface area contributed by atoms with Gasteiger partial charge in [-0.25, -0.2) is 4.39 Å². The van der Waals surface area contributed by atoms with Crippen molar-refractivity contribution in [3.8, 4) is 0 Å². The van der Waals surface area contributed by atoms with E-state index in [-0.39, 0.29) is 36.5 Å². The van der Waals surface area contributed by atoms with E-state index in [9.17, 15) is 18.8 Å². The molecular weight excluding hydrogens is 363 g/mol. The Morgan fingerprint density at radius 1 is 1.04 bits per heavy atom. The second-order valence-electron chi connectivity index (χ2n) is 7.97. The summed E-state index contributed by atoms with van der Waals surface area (Å²) in [6, 6.07) is 5.62. The summed E-state index contributed by atoms with van der Waals surface area (Å²) >= 11 is 0. The van der Waals surface area contributed by atoms with Crippen molar-refractivity contribution in [3.63, 3.8) is 0 Å². The molecule has 2 rings (SSSR count). The number of benzene rings is 1. The average Bonchev–Trinajstić information content (AvgIpc) is 2.63. The fraction of sp³-hybridized carbons (Fsp3) is 0.550. The molecule has 0 spiro atoms. The van der Waals surface area contributed by atoms with Gasteiger partial charge in [0.05, 0.1) is 6.54 Å². The predicted molar refractivity (Wildman–Crippen MR) is 105 cm³/mol. The van der Waals surface area contributed by atoms with E-state index >= 15 is 0 Å². The van der Waals surface area contributed by atoms with Gasteiger partial charge >= 0.3 is 0 Å². The standard InChI is InChI=1S/C20H29FN4O3/c1-20(2,3)19(28)22-9-8-18(27)25-12-10-24(11-13-25)14-17(26)23-16-6-4-15(21)5-7-16/h4-7H,8-14H2,1-3H3,(H,22,28)(H,23,26). The molecule has 0 unspecified atom stereocenters. The number of hydrogen-bond donors (Lipinski definition) is 2. The number of rotatable bonds is 6. The molecule has 0 atom stereocenters. The highest BCUT2D eigenvalue weighted by molar-refractivity contribution is 5.92. The third kappa shape index (κ3) is 6.92. The van der Waals surface area contributed by atoms with Crippen molar-refractivity contribution in [2.45, 2.75) is 27.2 Å². The van der Waals surface area contributed by atoms with Crippen LogP contribution in [0.4, 0.5) is 10.1 Å². The molecule has 0 saturated carbocycles. The van der Waals surface area contributed by atoms with Gasteiger partial charge in [-0.3, -0.25) is 19.3 Å². The van der Waals surface area contributed by atoms with E-state index in [2.05, 4.69) is 10.6 Å². The molecule has 7 nitrogen and oxygen atoms in total. The average molecular weight is 392 g/mol. The molecular formula is C20H29FN4O3. The lowest BCUT2D eigenvalue weighted by Gasteiger charge is -2.34. The summed E-state index contributed by atoms with van der Waals surface area (Å²) in [6.07, 6.45) is 0.271. The maximum Gasteiger partial charge on any atom is 0.238 e. The maximum absolute atomic E-state index is 12.9. The van der Waals surface area contributed by atoms with Crippen LogP contribution in [0.25, 0.3) is 0 Å². The molecule has 3 amide bonds. The molecule has 8 heteroatoms. The van der Waals surface area contributed by atoms with Crippen molar-refractivity contribution in [3.05, 3.63) is 30.1 Å². The van der Waals surface area contributed by atoms with Gasteiger partial charge < -0.3 is 15.5 Å². The first kappa shape index (κ1) is 21.8. The molecule has 1 aliphatic heterocycles. The molecule has 0 radical (unpaired) electrons. The molecule has 0 bridgehead atoms. The smallest absolute Gasteiger partial charge is 0.238 e. The van der Waals surface area contributed by atoms with Gasteiger partial charge in [-0.15, -0.1) is 0 Å². The number of piperazine rings is 1. The Balaban J connectivity index is 1.67. The molecule has 2 N–H and O–H groups in total. The van der Waals surface area contributed by atoms with Gasteiger partial charge in [-0.2, -0.15) is 0 Å². The summed E-state index contributed by atoms with van der Waals surface area (Å²) < 4.78 is 12.9. The lowest BCUT2D eigenvalue weighted by Crippen LogP contribution is -2.51. The minimum atomic E-state index is -0.469. The fourth-order valence-electron chi connectivity index (χ4n) is 2.80. The third-order valence-corrected chi connectivity index (χ3v) is 4.53. The first-order valence-electron chi connectivity index (χ1n) is 9.49. The minimum Gasteiger partial charge on any atom is -0.355 e. The Morgan fingerprint density at radius 2 is 1.64 bits per heavy atom. The Labute approximate surface area is 165 Å². The van der Waals surface area contributed by atoms with Crippen LogP contribution in [0.1, 0.15) is 27.2 Å². The van der Waals surface area contributed by atoms with E-state index < -0.39 is 5.41 Å². The van der Waals surface area contributed by atoms with Crippen molar-refractivity contribution >= 4 is 23.4 Å². The zero-order valence-electron chi connectivity index (χ0n) is 16.8. The Hall–Kier alpha value is -2.48. The number of carbonyl (C=O) groups is 3. The summed E-state index contributed by atoms with van der Waals surface area (Å²) in [5.74, 6) is -0.588. The molecule has 1 heterocycles. The monoisotopic (exact) mass is 392 g/mol. The highest BCUT2D eigenvalue weighted by Crippen LogP contribution is 2.12. The van der Waals surface area contributed by atoms with Gasteiger partial charge in [0.2, 0.25) is 17.7 Å². The molecule has 1 aromatic carbocycles. The van der Waals surface area contributed by atoms with Crippen LogP contribution in [-0.2, 0) is 14.4 Å². The van der Waals surface area contributed by atoms with Crippen LogP contribution < -0.4 is 10.6 Å². The minimum absolute atomic E-state index is 0.00428. The second kappa shape index (κ2) is 9.64. The number of carbonyl (C=O) groups excluding carboxylic acids is 3. The van der Waals surface area contributed by atoms with E-state index in [1.165, 1.54) is 24.3 Å². The van der Waals surface area contributed by atoms with E-state index in [0.717, 1.165) is 0 Å². The van der Waals surface area contributed by atoms with Crippen molar-refractivity contribution in [1.82, 2.24) is 15.1 Å². The zero-order valence-corrected chi connectivity index (χ0v) is 16.8. The molecule has 1 aromatic rings. The van der Waals surface area contributed by atoms with Crippen LogP contribution in [0, 0.1) is 11.2 Å². The van der Waals surface area contributed by atoms with Gasteiger partial charge in [0.1, 0.15) is 5.82 Å². The highest BCUT2D eigenvalue weighted by atomic mass is 19.1. The molecule has 0 aliphatic carbocycles. The third-order valence-electron chi connectivity index (χ3n) is 4.53. The fourth-order valence-corrected chi connectivity index (χ4v) is 2.80. The van der Waals surface area contributed by atoms with Crippen LogP contribution in [0.15, 0.2) is 24.3 Å². The van der Waals surface area contributed by atoms with Crippen LogP contribution >= 0.6 is 0 Å². The van der Waals surface area contributed by atoms with Gasteiger partial charge in [0.15, 0.2) is 0 Å². The number of halogens is 1. The summed E-state index contributed by atoms with van der Waals surface area (Å²) in [6.45, 7) is 8.36. The van der Waals surface area contributed by atoms with Gasteiger partial charge in [0, 0.05) is 50.2 Å². The number of amides is 3. The number of nitrogens with one attached hydrogen (secondary N) is 2. The van der Waals surface area contributed by atoms with Gasteiger partial charge in [-0.1, -0.05) is 20.8 Å². The van der Waals surface area contributed by atoms with Gasteiger partial charge in [0.25, 0.3) is 0 Å². The van der Waals surface area contributed by atoms with Crippen LogP contribution in [0.2, 0.25) is 0 Å². The van der Waals surface area contributed by atoms with Crippen molar-refractivity contribution in [1.29, 1.82) is 0 Å². The molecule has 28 heavy (non-hydrogen) atoms. The normalized spacial score (nSPS) is 15.2.